The van der Waals surface area contributed by atoms with Crippen LogP contribution in [0.4, 0.5) is 0 Å². The first-order valence-electron chi connectivity index (χ1n) is 5.20. The highest BCUT2D eigenvalue weighted by Crippen LogP contribution is 2.18. The van der Waals surface area contributed by atoms with Crippen molar-refractivity contribution in [3.8, 4) is 0 Å². The van der Waals surface area contributed by atoms with Gasteiger partial charge in [-0.15, -0.1) is 0 Å². The van der Waals surface area contributed by atoms with Crippen LogP contribution in [0.25, 0.3) is 0 Å². The van der Waals surface area contributed by atoms with Crippen LogP contribution >= 0.6 is 11.8 Å². The van der Waals surface area contributed by atoms with E-state index in [4.69, 9.17) is 0 Å². The van der Waals surface area contributed by atoms with Gasteiger partial charge in [-0.05, 0) is 17.4 Å². The van der Waals surface area contributed by atoms with Gasteiger partial charge in [0, 0.05) is 11.0 Å². The third kappa shape index (κ3) is 3.90. The van der Waals surface area contributed by atoms with Gasteiger partial charge in [-0.25, -0.2) is 0 Å². The van der Waals surface area contributed by atoms with Crippen LogP contribution in [0.5, 0.6) is 0 Å². The fraction of sp³-hybridized carbons (Fsp3) is 0.455. The van der Waals surface area contributed by atoms with Crippen LogP contribution in [0.1, 0.15) is 25.8 Å². The zero-order chi connectivity index (χ0) is 11.3. The van der Waals surface area contributed by atoms with E-state index in [9.17, 15) is 10.0 Å². The van der Waals surface area contributed by atoms with Gasteiger partial charge < -0.3 is 10.0 Å². The molecule has 0 saturated carbocycles. The van der Waals surface area contributed by atoms with E-state index in [0.29, 0.717) is 10.7 Å². The smallest absolute Gasteiger partial charge is 0.423 e. The largest absolute Gasteiger partial charge is 0.488 e. The molecule has 0 aliphatic rings. The van der Waals surface area contributed by atoms with Crippen molar-refractivity contribution in [2.24, 2.45) is 0 Å². The lowest BCUT2D eigenvalue weighted by molar-refractivity contribution is 0.425. The van der Waals surface area contributed by atoms with Crippen LogP contribution in [0, 0.1) is 0 Å². The molecule has 0 radical (unpaired) electrons. The van der Waals surface area contributed by atoms with Crippen molar-refractivity contribution >= 4 is 24.3 Å². The monoisotopic (exact) mass is 224 g/mol. The van der Waals surface area contributed by atoms with Crippen LogP contribution < -0.4 is 5.46 Å². The summed E-state index contributed by atoms with van der Waals surface area (Å²) in [5.41, 5.74) is 1.63. The third-order valence-corrected chi connectivity index (χ3v) is 3.81. The van der Waals surface area contributed by atoms with Crippen molar-refractivity contribution in [3.63, 3.8) is 0 Å². The predicted octanol–water partition coefficient (Wildman–Crippen LogP) is 1.40. The molecule has 0 aliphatic carbocycles. The lowest BCUT2D eigenvalue weighted by Gasteiger charge is -2.11. The summed E-state index contributed by atoms with van der Waals surface area (Å²) in [4.78, 5) is 0. The van der Waals surface area contributed by atoms with Gasteiger partial charge in [0.25, 0.3) is 0 Å². The van der Waals surface area contributed by atoms with Crippen molar-refractivity contribution < 1.29 is 10.0 Å². The second kappa shape index (κ2) is 6.21. The molecule has 0 fully saturated rings. The van der Waals surface area contributed by atoms with E-state index in [-0.39, 0.29) is 0 Å². The molecule has 0 saturated heterocycles. The number of benzene rings is 1. The fourth-order valence-electron chi connectivity index (χ4n) is 1.27. The predicted molar refractivity (Wildman–Crippen MR) is 67.3 cm³/mol. The highest BCUT2D eigenvalue weighted by molar-refractivity contribution is 7.99. The summed E-state index contributed by atoms with van der Waals surface area (Å²) >= 11 is 1.84. The molecule has 0 aliphatic heterocycles. The van der Waals surface area contributed by atoms with Gasteiger partial charge in [0.05, 0.1) is 0 Å². The summed E-state index contributed by atoms with van der Waals surface area (Å²) in [5, 5.41) is 19.0. The second-order valence-electron chi connectivity index (χ2n) is 3.60. The SMILES string of the molecule is CCC(C)SCc1ccccc1B(O)O. The average Bonchev–Trinajstić information content (AvgIpc) is 2.26. The molecule has 4 heteroatoms. The maximum absolute atomic E-state index is 9.17. The Labute approximate surface area is 95.9 Å². The van der Waals surface area contributed by atoms with Crippen molar-refractivity contribution in [2.45, 2.75) is 31.3 Å². The molecule has 0 amide bonds. The Morgan fingerprint density at radius 3 is 2.60 bits per heavy atom. The average molecular weight is 224 g/mol. The summed E-state index contributed by atoms with van der Waals surface area (Å²) in [7, 11) is -1.36. The molecule has 0 heterocycles. The van der Waals surface area contributed by atoms with Crippen LogP contribution in [-0.4, -0.2) is 22.4 Å². The summed E-state index contributed by atoms with van der Waals surface area (Å²) in [6.45, 7) is 4.34. The quantitative estimate of drug-likeness (QED) is 0.742. The Kier molecular flexibility index (Phi) is 5.22. The van der Waals surface area contributed by atoms with Crippen molar-refractivity contribution in [1.82, 2.24) is 0 Å². The molecule has 2 N–H and O–H groups in total. The molecule has 1 aromatic carbocycles. The fourth-order valence-corrected chi connectivity index (χ4v) is 2.23. The highest BCUT2D eigenvalue weighted by Gasteiger charge is 2.15. The summed E-state index contributed by atoms with van der Waals surface area (Å²) < 4.78 is 0. The van der Waals surface area contributed by atoms with E-state index in [1.165, 1.54) is 0 Å². The molecule has 1 rings (SSSR count). The molecule has 1 unspecified atom stereocenters. The minimum absolute atomic E-state index is 0.605. The molecular weight excluding hydrogens is 207 g/mol. The minimum atomic E-state index is -1.36. The van der Waals surface area contributed by atoms with E-state index in [1.54, 1.807) is 6.07 Å². The number of rotatable bonds is 5. The van der Waals surface area contributed by atoms with Crippen molar-refractivity contribution in [1.29, 1.82) is 0 Å². The molecular formula is C11H17BO2S. The minimum Gasteiger partial charge on any atom is -0.423 e. The number of hydrogen-bond acceptors (Lipinski definition) is 3. The van der Waals surface area contributed by atoms with Crippen LogP contribution in [0.3, 0.4) is 0 Å². The first-order chi connectivity index (χ1) is 7.15. The van der Waals surface area contributed by atoms with Gasteiger partial charge in [-0.2, -0.15) is 11.8 Å². The van der Waals surface area contributed by atoms with Crippen LogP contribution in [-0.2, 0) is 5.75 Å². The molecule has 2 nitrogen and oxygen atoms in total. The summed E-state index contributed by atoms with van der Waals surface area (Å²) in [6.07, 6.45) is 1.13. The zero-order valence-corrected chi connectivity index (χ0v) is 10.00. The number of hydrogen-bond donors (Lipinski definition) is 2. The first-order valence-corrected chi connectivity index (χ1v) is 6.25. The Morgan fingerprint density at radius 2 is 2.00 bits per heavy atom. The third-order valence-electron chi connectivity index (χ3n) is 2.43. The second-order valence-corrected chi connectivity index (χ2v) is 5.03. The van der Waals surface area contributed by atoms with Crippen molar-refractivity contribution in [2.75, 3.05) is 0 Å². The van der Waals surface area contributed by atoms with E-state index in [1.807, 2.05) is 30.0 Å². The van der Waals surface area contributed by atoms with E-state index in [2.05, 4.69) is 13.8 Å². The normalized spacial score (nSPS) is 12.5. The molecule has 82 valence electrons. The molecule has 0 bridgehead atoms. The van der Waals surface area contributed by atoms with E-state index in [0.717, 1.165) is 17.7 Å². The number of thioether (sulfide) groups is 1. The Bertz CT molecular complexity index is 304. The molecule has 15 heavy (non-hydrogen) atoms. The van der Waals surface area contributed by atoms with Gasteiger partial charge in [0.1, 0.15) is 0 Å². The van der Waals surface area contributed by atoms with Crippen LogP contribution in [0.2, 0.25) is 0 Å². The van der Waals surface area contributed by atoms with Gasteiger partial charge in [-0.1, -0.05) is 38.1 Å². The van der Waals surface area contributed by atoms with Gasteiger partial charge >= 0.3 is 7.12 Å². The lowest BCUT2D eigenvalue weighted by Crippen LogP contribution is -2.32. The van der Waals surface area contributed by atoms with Crippen LogP contribution in [0.15, 0.2) is 24.3 Å². The summed E-state index contributed by atoms with van der Waals surface area (Å²) in [6, 6.07) is 7.46. The standard InChI is InChI=1S/C11H17BO2S/c1-3-9(2)15-8-10-6-4-5-7-11(10)12(13)14/h4-7,9,13-14H,3,8H2,1-2H3. The molecule has 1 atom stereocenters. The Morgan fingerprint density at radius 1 is 1.33 bits per heavy atom. The van der Waals surface area contributed by atoms with Gasteiger partial charge in [-0.3, -0.25) is 0 Å². The Balaban J connectivity index is 2.67. The first kappa shape index (κ1) is 12.6. The zero-order valence-electron chi connectivity index (χ0n) is 9.18. The molecule has 0 aromatic heterocycles. The Hall–Kier alpha value is -0.445. The van der Waals surface area contributed by atoms with E-state index < -0.39 is 7.12 Å². The van der Waals surface area contributed by atoms with Gasteiger partial charge in [0.2, 0.25) is 0 Å². The van der Waals surface area contributed by atoms with Gasteiger partial charge in [0.15, 0.2) is 0 Å². The lowest BCUT2D eigenvalue weighted by atomic mass is 9.77. The molecule has 0 spiro atoms. The van der Waals surface area contributed by atoms with E-state index >= 15 is 0 Å². The van der Waals surface area contributed by atoms with Crippen molar-refractivity contribution in [3.05, 3.63) is 29.8 Å². The maximum Gasteiger partial charge on any atom is 0.488 e. The maximum atomic E-state index is 9.17. The summed E-state index contributed by atoms with van der Waals surface area (Å²) in [5.74, 6) is 0.836. The topological polar surface area (TPSA) is 40.5 Å². The molecule has 1 aromatic rings. The highest BCUT2D eigenvalue weighted by atomic mass is 32.2.